The number of imidazole rings is 1. The normalized spacial score (nSPS) is 25.7. The van der Waals surface area contributed by atoms with Crippen LogP contribution in [-0.4, -0.2) is 40.9 Å². The zero-order valence-corrected chi connectivity index (χ0v) is 12.2. The van der Waals surface area contributed by atoms with Crippen molar-refractivity contribution >= 4 is 15.7 Å². The largest absolute Gasteiger partial charge is 0.344 e. The first-order chi connectivity index (χ1) is 8.71. The molecule has 0 radical (unpaired) electrons. The molecule has 19 heavy (non-hydrogen) atoms. The Morgan fingerprint density at radius 3 is 2.68 bits per heavy atom. The van der Waals surface area contributed by atoms with E-state index < -0.39 is 15.4 Å². The van der Waals surface area contributed by atoms with E-state index in [9.17, 15) is 13.2 Å². The van der Waals surface area contributed by atoms with E-state index in [4.69, 9.17) is 0 Å². The quantitative estimate of drug-likeness (QED) is 0.889. The topological polar surface area (TPSA) is 81.1 Å². The molecule has 1 aliphatic heterocycles. The molecule has 0 spiro atoms. The van der Waals surface area contributed by atoms with Crippen molar-refractivity contribution in [3.63, 3.8) is 0 Å². The minimum atomic E-state index is -3.03. The lowest BCUT2D eigenvalue weighted by atomic mass is 10.0. The predicted molar refractivity (Wildman–Crippen MR) is 71.8 cm³/mol. The van der Waals surface area contributed by atoms with Crippen molar-refractivity contribution < 1.29 is 13.2 Å². The first-order valence-electron chi connectivity index (χ1n) is 6.27. The third kappa shape index (κ3) is 3.15. The molecule has 0 unspecified atom stereocenters. The number of carbonyl (C=O) groups is 1. The highest BCUT2D eigenvalue weighted by Gasteiger charge is 2.39. The summed E-state index contributed by atoms with van der Waals surface area (Å²) in [7, 11) is -3.03. The van der Waals surface area contributed by atoms with E-state index in [1.165, 1.54) is 0 Å². The Hall–Kier alpha value is -1.37. The molecule has 1 saturated heterocycles. The van der Waals surface area contributed by atoms with Crippen LogP contribution in [0.1, 0.15) is 43.7 Å². The first kappa shape index (κ1) is 14.0. The van der Waals surface area contributed by atoms with E-state index in [0.29, 0.717) is 12.1 Å². The second-order valence-corrected chi connectivity index (χ2v) is 7.84. The highest BCUT2D eigenvalue weighted by molar-refractivity contribution is 7.91. The molecular formula is C12H19N3O3S. The van der Waals surface area contributed by atoms with Crippen molar-refractivity contribution in [1.82, 2.24) is 14.9 Å². The number of nitrogens with zero attached hydrogens (tertiary/aromatic N) is 2. The summed E-state index contributed by atoms with van der Waals surface area (Å²) in [6.07, 6.45) is 3.73. The second kappa shape index (κ2) is 4.63. The SMILES string of the molecule is CC(C)n1cnc(C(=O)N[C@@]2(C)CCS(=O)(=O)C2)c1. The zero-order chi connectivity index (χ0) is 14.3. The van der Waals surface area contributed by atoms with Crippen LogP contribution in [0.4, 0.5) is 0 Å². The van der Waals surface area contributed by atoms with Gasteiger partial charge in [0.15, 0.2) is 9.84 Å². The van der Waals surface area contributed by atoms with E-state index in [2.05, 4.69) is 10.3 Å². The fourth-order valence-electron chi connectivity index (χ4n) is 2.18. The van der Waals surface area contributed by atoms with Crippen LogP contribution in [0.2, 0.25) is 0 Å². The number of amides is 1. The third-order valence-corrected chi connectivity index (χ3v) is 5.25. The average Bonchev–Trinajstić information content (AvgIpc) is 2.83. The van der Waals surface area contributed by atoms with Gasteiger partial charge in [-0.15, -0.1) is 0 Å². The molecule has 1 N–H and O–H groups in total. The minimum Gasteiger partial charge on any atom is -0.344 e. The summed E-state index contributed by atoms with van der Waals surface area (Å²) in [5.41, 5.74) is -0.364. The Balaban J connectivity index is 2.09. The number of hydrogen-bond donors (Lipinski definition) is 1. The van der Waals surface area contributed by atoms with E-state index >= 15 is 0 Å². The summed E-state index contributed by atoms with van der Waals surface area (Å²) < 4.78 is 24.8. The van der Waals surface area contributed by atoms with Gasteiger partial charge in [0.25, 0.3) is 5.91 Å². The van der Waals surface area contributed by atoms with Crippen LogP contribution >= 0.6 is 0 Å². The Morgan fingerprint density at radius 1 is 1.53 bits per heavy atom. The lowest BCUT2D eigenvalue weighted by Gasteiger charge is -2.23. The molecule has 1 atom stereocenters. The molecule has 1 aromatic heterocycles. The highest BCUT2D eigenvalue weighted by atomic mass is 32.2. The molecule has 0 aromatic carbocycles. The van der Waals surface area contributed by atoms with Crippen LogP contribution in [0.25, 0.3) is 0 Å². The first-order valence-corrected chi connectivity index (χ1v) is 8.09. The van der Waals surface area contributed by atoms with E-state index in [1.54, 1.807) is 19.4 Å². The summed E-state index contributed by atoms with van der Waals surface area (Å²) >= 11 is 0. The molecule has 1 aliphatic rings. The summed E-state index contributed by atoms with van der Waals surface area (Å²) in [6.45, 7) is 5.75. The molecular weight excluding hydrogens is 266 g/mol. The molecule has 0 aliphatic carbocycles. The van der Waals surface area contributed by atoms with Crippen LogP contribution in [0, 0.1) is 0 Å². The summed E-state index contributed by atoms with van der Waals surface area (Å²) in [5, 5.41) is 2.79. The van der Waals surface area contributed by atoms with Crippen LogP contribution in [0.5, 0.6) is 0 Å². The Morgan fingerprint density at radius 2 is 2.21 bits per heavy atom. The molecule has 0 bridgehead atoms. The third-order valence-electron chi connectivity index (χ3n) is 3.35. The summed E-state index contributed by atoms with van der Waals surface area (Å²) in [6, 6.07) is 0.233. The van der Waals surface area contributed by atoms with Gasteiger partial charge < -0.3 is 9.88 Å². The lowest BCUT2D eigenvalue weighted by Crippen LogP contribution is -2.47. The number of carbonyl (C=O) groups excluding carboxylic acids is 1. The molecule has 2 rings (SSSR count). The van der Waals surface area contributed by atoms with Gasteiger partial charge in [0.2, 0.25) is 0 Å². The molecule has 0 saturated carbocycles. The van der Waals surface area contributed by atoms with Crippen molar-refractivity contribution in [1.29, 1.82) is 0 Å². The molecule has 1 amide bonds. The van der Waals surface area contributed by atoms with Crippen LogP contribution in [-0.2, 0) is 9.84 Å². The maximum absolute atomic E-state index is 12.1. The molecule has 1 fully saturated rings. The maximum atomic E-state index is 12.1. The number of nitrogens with one attached hydrogen (secondary N) is 1. The average molecular weight is 285 g/mol. The molecule has 7 heteroatoms. The van der Waals surface area contributed by atoms with Crippen LogP contribution < -0.4 is 5.32 Å². The highest BCUT2D eigenvalue weighted by Crippen LogP contribution is 2.23. The van der Waals surface area contributed by atoms with Gasteiger partial charge in [-0.1, -0.05) is 0 Å². The van der Waals surface area contributed by atoms with Crippen LogP contribution in [0.3, 0.4) is 0 Å². The molecule has 2 heterocycles. The monoisotopic (exact) mass is 285 g/mol. The van der Waals surface area contributed by atoms with Gasteiger partial charge in [0, 0.05) is 12.2 Å². The van der Waals surface area contributed by atoms with E-state index in [0.717, 1.165) is 0 Å². The van der Waals surface area contributed by atoms with Crippen molar-refractivity contribution in [2.24, 2.45) is 0 Å². The van der Waals surface area contributed by atoms with Gasteiger partial charge in [-0.25, -0.2) is 13.4 Å². The van der Waals surface area contributed by atoms with Crippen molar-refractivity contribution in [2.45, 2.75) is 38.8 Å². The smallest absolute Gasteiger partial charge is 0.271 e. The summed E-state index contributed by atoms with van der Waals surface area (Å²) in [5.74, 6) is -0.195. The van der Waals surface area contributed by atoms with Gasteiger partial charge in [0.1, 0.15) is 5.69 Å². The van der Waals surface area contributed by atoms with Gasteiger partial charge in [-0.05, 0) is 27.2 Å². The van der Waals surface area contributed by atoms with Crippen LogP contribution in [0.15, 0.2) is 12.5 Å². The van der Waals surface area contributed by atoms with Gasteiger partial charge in [-0.3, -0.25) is 4.79 Å². The lowest BCUT2D eigenvalue weighted by molar-refractivity contribution is 0.0910. The number of rotatable bonds is 3. The number of hydrogen-bond acceptors (Lipinski definition) is 4. The fraction of sp³-hybridized carbons (Fsp3) is 0.667. The molecule has 106 valence electrons. The standard InChI is InChI=1S/C12H19N3O3S/c1-9(2)15-6-10(13-8-15)11(16)14-12(3)4-5-19(17,18)7-12/h6,8-9H,4-5,7H2,1-3H3,(H,14,16)/t12-/m0/s1. The van der Waals surface area contributed by atoms with Crippen molar-refractivity contribution in [3.8, 4) is 0 Å². The molecule has 6 nitrogen and oxygen atoms in total. The number of sulfone groups is 1. The molecule has 1 aromatic rings. The predicted octanol–water partition coefficient (Wildman–Crippen LogP) is 0.771. The second-order valence-electron chi connectivity index (χ2n) is 5.66. The fourth-order valence-corrected chi connectivity index (χ4v) is 4.28. The van der Waals surface area contributed by atoms with E-state index in [1.807, 2.05) is 18.4 Å². The minimum absolute atomic E-state index is 0.00334. The summed E-state index contributed by atoms with van der Waals surface area (Å²) in [4.78, 5) is 16.1. The number of aromatic nitrogens is 2. The Bertz CT molecular complexity index is 591. The van der Waals surface area contributed by atoms with Crippen molar-refractivity contribution in [3.05, 3.63) is 18.2 Å². The van der Waals surface area contributed by atoms with E-state index in [-0.39, 0.29) is 23.5 Å². The Labute approximate surface area is 113 Å². The van der Waals surface area contributed by atoms with Gasteiger partial charge in [0.05, 0.1) is 23.4 Å². The zero-order valence-electron chi connectivity index (χ0n) is 11.4. The Kier molecular flexibility index (Phi) is 3.42. The maximum Gasteiger partial charge on any atom is 0.271 e. The van der Waals surface area contributed by atoms with Crippen molar-refractivity contribution in [2.75, 3.05) is 11.5 Å². The van der Waals surface area contributed by atoms with Gasteiger partial charge in [-0.2, -0.15) is 0 Å². The van der Waals surface area contributed by atoms with Gasteiger partial charge >= 0.3 is 0 Å².